The third-order valence-electron chi connectivity index (χ3n) is 2.00. The van der Waals surface area contributed by atoms with Gasteiger partial charge in [0, 0.05) is 10.6 Å². The molecule has 0 saturated heterocycles. The summed E-state index contributed by atoms with van der Waals surface area (Å²) < 4.78 is 23.4. The third kappa shape index (κ3) is 4.10. The quantitative estimate of drug-likeness (QED) is 0.830. The molecule has 3 nitrogen and oxygen atoms in total. The minimum Gasteiger partial charge on any atom is -0.481 e. The Balaban J connectivity index is 2.63. The summed E-state index contributed by atoms with van der Waals surface area (Å²) in [7, 11) is -1.19. The molecule has 1 aromatic rings. The van der Waals surface area contributed by atoms with Crippen LogP contribution in [0.2, 0.25) is 0 Å². The fourth-order valence-corrected chi connectivity index (χ4v) is 2.28. The number of carboxylic acid groups (broad SMARTS) is 1. The van der Waals surface area contributed by atoms with Crippen LogP contribution in [0.4, 0.5) is 4.39 Å². The molecule has 0 fully saturated rings. The van der Waals surface area contributed by atoms with E-state index in [2.05, 4.69) is 0 Å². The topological polar surface area (TPSA) is 54.4 Å². The van der Waals surface area contributed by atoms with Crippen molar-refractivity contribution in [2.75, 3.05) is 12.4 Å². The van der Waals surface area contributed by atoms with Gasteiger partial charge in [0.05, 0.1) is 23.9 Å². The van der Waals surface area contributed by atoms with Crippen LogP contribution in [-0.4, -0.2) is 27.7 Å². The molecule has 88 valence electrons. The van der Waals surface area contributed by atoms with Crippen LogP contribution < -0.4 is 0 Å². The van der Waals surface area contributed by atoms with Crippen molar-refractivity contribution in [3.05, 3.63) is 29.8 Å². The number of carboxylic acids is 1. The van der Waals surface area contributed by atoms with E-state index < -0.39 is 23.4 Å². The predicted molar refractivity (Wildman–Crippen MR) is 59.6 cm³/mol. The Morgan fingerprint density at radius 2 is 1.94 bits per heavy atom. The zero-order valence-corrected chi connectivity index (χ0v) is 9.50. The largest absolute Gasteiger partial charge is 0.481 e. The molecule has 1 rings (SSSR count). The molecule has 5 heteroatoms. The minimum atomic E-state index is -1.19. The van der Waals surface area contributed by atoms with Crippen molar-refractivity contribution in [3.63, 3.8) is 0 Å². The molecule has 1 unspecified atom stereocenters. The molecule has 0 heterocycles. The summed E-state index contributed by atoms with van der Waals surface area (Å²) in [6.07, 6.45) is 0.237. The van der Waals surface area contributed by atoms with Crippen molar-refractivity contribution in [3.8, 4) is 0 Å². The summed E-state index contributed by atoms with van der Waals surface area (Å²) in [6, 6.07) is 6.53. The summed E-state index contributed by atoms with van der Waals surface area (Å²) in [5.74, 6) is -0.597. The summed E-state index contributed by atoms with van der Waals surface area (Å²) in [5, 5.41) is 8.56. The van der Waals surface area contributed by atoms with E-state index >= 15 is 0 Å². The summed E-state index contributed by atoms with van der Waals surface area (Å²) >= 11 is 0. The zero-order valence-electron chi connectivity index (χ0n) is 8.69. The molecule has 0 aromatic heterocycles. The average molecular weight is 244 g/mol. The predicted octanol–water partition coefficient (Wildman–Crippen LogP) is 1.78. The van der Waals surface area contributed by atoms with Crippen LogP contribution in [0.15, 0.2) is 29.2 Å². The first kappa shape index (κ1) is 12.8. The van der Waals surface area contributed by atoms with Gasteiger partial charge in [0.25, 0.3) is 0 Å². The molecule has 0 bridgehead atoms. The first-order valence-electron chi connectivity index (χ1n) is 4.88. The van der Waals surface area contributed by atoms with Crippen molar-refractivity contribution in [1.29, 1.82) is 0 Å². The summed E-state index contributed by atoms with van der Waals surface area (Å²) in [5.41, 5.74) is 0.666. The van der Waals surface area contributed by atoms with Crippen LogP contribution in [-0.2, 0) is 22.0 Å². The molecule has 0 radical (unpaired) electrons. The fourth-order valence-electron chi connectivity index (χ4n) is 1.24. The van der Waals surface area contributed by atoms with Gasteiger partial charge in [0.1, 0.15) is 0 Å². The second kappa shape index (κ2) is 6.37. The Hall–Kier alpha value is -1.23. The van der Waals surface area contributed by atoms with E-state index in [1.54, 1.807) is 24.3 Å². The second-order valence-corrected chi connectivity index (χ2v) is 4.88. The first-order valence-corrected chi connectivity index (χ1v) is 6.20. The molecular formula is C11H13FO3S. The molecule has 0 aliphatic heterocycles. The van der Waals surface area contributed by atoms with Gasteiger partial charge in [0.2, 0.25) is 0 Å². The first-order chi connectivity index (χ1) is 7.63. The Kier molecular flexibility index (Phi) is 5.11. The van der Waals surface area contributed by atoms with E-state index in [4.69, 9.17) is 5.11 Å². The number of carbonyl (C=O) groups is 1. The van der Waals surface area contributed by atoms with Crippen molar-refractivity contribution in [2.24, 2.45) is 0 Å². The van der Waals surface area contributed by atoms with Crippen LogP contribution in [0, 0.1) is 0 Å². The lowest BCUT2D eigenvalue weighted by molar-refractivity contribution is -0.136. The molecular weight excluding hydrogens is 231 g/mol. The number of aliphatic carboxylic acids is 1. The smallest absolute Gasteiger partial charge is 0.307 e. The van der Waals surface area contributed by atoms with Crippen molar-refractivity contribution in [2.45, 2.75) is 17.7 Å². The van der Waals surface area contributed by atoms with E-state index in [1.165, 1.54) is 0 Å². The van der Waals surface area contributed by atoms with Crippen LogP contribution in [0.3, 0.4) is 0 Å². The molecule has 16 heavy (non-hydrogen) atoms. The standard InChI is InChI=1S/C11H13FO3S/c12-6-1-7-16(15)10-4-2-9(3-5-10)8-11(13)14/h2-5H,1,6-8H2,(H,13,14). The lowest BCUT2D eigenvalue weighted by Gasteiger charge is -2.02. The number of alkyl halides is 1. The summed E-state index contributed by atoms with van der Waals surface area (Å²) in [6.45, 7) is -0.469. The molecule has 1 atom stereocenters. The van der Waals surface area contributed by atoms with Gasteiger partial charge >= 0.3 is 5.97 Å². The van der Waals surface area contributed by atoms with Gasteiger partial charge < -0.3 is 5.11 Å². The molecule has 0 spiro atoms. The van der Waals surface area contributed by atoms with Gasteiger partial charge in [-0.25, -0.2) is 0 Å². The molecule has 0 saturated carbocycles. The van der Waals surface area contributed by atoms with Crippen LogP contribution in [0.25, 0.3) is 0 Å². The Morgan fingerprint density at radius 3 is 2.44 bits per heavy atom. The minimum absolute atomic E-state index is 0.0443. The monoisotopic (exact) mass is 244 g/mol. The third-order valence-corrected chi connectivity index (χ3v) is 3.46. The highest BCUT2D eigenvalue weighted by atomic mass is 32.2. The maximum Gasteiger partial charge on any atom is 0.307 e. The van der Waals surface area contributed by atoms with Gasteiger partial charge in [-0.2, -0.15) is 0 Å². The van der Waals surface area contributed by atoms with Gasteiger partial charge in [-0.3, -0.25) is 13.4 Å². The van der Waals surface area contributed by atoms with Crippen molar-refractivity contribution >= 4 is 16.8 Å². The number of hydrogen-bond donors (Lipinski definition) is 1. The molecule has 1 N–H and O–H groups in total. The van der Waals surface area contributed by atoms with Gasteiger partial charge in [-0.1, -0.05) is 12.1 Å². The molecule has 0 aliphatic carbocycles. The number of rotatable bonds is 6. The van der Waals surface area contributed by atoms with Crippen LogP contribution in [0.1, 0.15) is 12.0 Å². The van der Waals surface area contributed by atoms with E-state index in [-0.39, 0.29) is 12.8 Å². The van der Waals surface area contributed by atoms with Crippen molar-refractivity contribution in [1.82, 2.24) is 0 Å². The van der Waals surface area contributed by atoms with Crippen LogP contribution >= 0.6 is 0 Å². The van der Waals surface area contributed by atoms with E-state index in [0.29, 0.717) is 16.2 Å². The molecule has 0 aliphatic rings. The molecule has 1 aromatic carbocycles. The van der Waals surface area contributed by atoms with E-state index in [0.717, 1.165) is 0 Å². The average Bonchev–Trinajstić information content (AvgIpc) is 2.26. The van der Waals surface area contributed by atoms with E-state index in [9.17, 15) is 13.4 Å². The van der Waals surface area contributed by atoms with Gasteiger partial charge in [-0.15, -0.1) is 0 Å². The lowest BCUT2D eigenvalue weighted by Crippen LogP contribution is -2.02. The fraction of sp³-hybridized carbons (Fsp3) is 0.364. The van der Waals surface area contributed by atoms with Crippen molar-refractivity contribution < 1.29 is 18.5 Å². The maximum atomic E-state index is 11.9. The Bertz CT molecular complexity index is 375. The molecule has 0 amide bonds. The highest BCUT2D eigenvalue weighted by molar-refractivity contribution is 7.85. The second-order valence-electron chi connectivity index (χ2n) is 3.31. The summed E-state index contributed by atoms with van der Waals surface area (Å²) in [4.78, 5) is 11.0. The highest BCUT2D eigenvalue weighted by Crippen LogP contribution is 2.10. The highest BCUT2D eigenvalue weighted by Gasteiger charge is 2.05. The maximum absolute atomic E-state index is 11.9. The zero-order chi connectivity index (χ0) is 12.0. The lowest BCUT2D eigenvalue weighted by atomic mass is 10.2. The number of halogens is 1. The normalized spacial score (nSPS) is 12.3. The van der Waals surface area contributed by atoms with Crippen LogP contribution in [0.5, 0.6) is 0 Å². The number of hydrogen-bond acceptors (Lipinski definition) is 2. The number of benzene rings is 1. The van der Waals surface area contributed by atoms with Gasteiger partial charge in [-0.05, 0) is 24.1 Å². The van der Waals surface area contributed by atoms with Gasteiger partial charge in [0.15, 0.2) is 0 Å². The van der Waals surface area contributed by atoms with E-state index in [1.807, 2.05) is 0 Å². The Labute approximate surface area is 95.8 Å². The SMILES string of the molecule is O=C(O)Cc1ccc(S(=O)CCCF)cc1. The Morgan fingerprint density at radius 1 is 1.31 bits per heavy atom.